The van der Waals surface area contributed by atoms with E-state index in [0.29, 0.717) is 17.2 Å². The van der Waals surface area contributed by atoms with Crippen LogP contribution in [0.5, 0.6) is 0 Å². The lowest BCUT2D eigenvalue weighted by Gasteiger charge is -2.18. The van der Waals surface area contributed by atoms with Gasteiger partial charge in [0.15, 0.2) is 5.13 Å². The van der Waals surface area contributed by atoms with Crippen molar-refractivity contribution in [2.45, 2.75) is 20.4 Å². The van der Waals surface area contributed by atoms with Crippen LogP contribution >= 0.6 is 11.3 Å². The molecule has 0 aliphatic carbocycles. The molecule has 4 aromatic rings. The quantitative estimate of drug-likeness (QED) is 0.491. The summed E-state index contributed by atoms with van der Waals surface area (Å²) in [5.74, 6) is 0.635. The number of rotatable bonds is 4. The summed E-state index contributed by atoms with van der Waals surface area (Å²) in [6.45, 7) is 4.51. The average molecular weight is 362 g/mol. The molecule has 130 valence electrons. The molecule has 2 aromatic carbocycles. The molecule has 5 heteroatoms. The highest BCUT2D eigenvalue weighted by atomic mass is 32.1. The van der Waals surface area contributed by atoms with Gasteiger partial charge in [-0.3, -0.25) is 9.69 Å². The van der Waals surface area contributed by atoms with Gasteiger partial charge in [0.1, 0.15) is 5.76 Å². The van der Waals surface area contributed by atoms with Gasteiger partial charge < -0.3 is 4.42 Å². The summed E-state index contributed by atoms with van der Waals surface area (Å²) < 4.78 is 6.54. The molecule has 0 atom stereocenters. The third-order valence-electron chi connectivity index (χ3n) is 4.38. The standard InChI is InChI=1S/C21H18N2O2S/c1-14-11-18-19(12-15(14)2)26-21(22-18)23(13-17-9-6-10-25-17)20(24)16-7-4-3-5-8-16/h3-12H,13H2,1-2H3. The van der Waals surface area contributed by atoms with Crippen molar-refractivity contribution >= 4 is 32.6 Å². The van der Waals surface area contributed by atoms with E-state index in [0.717, 1.165) is 16.0 Å². The molecule has 26 heavy (non-hydrogen) atoms. The van der Waals surface area contributed by atoms with E-state index >= 15 is 0 Å². The van der Waals surface area contributed by atoms with Crippen molar-refractivity contribution in [1.29, 1.82) is 0 Å². The van der Waals surface area contributed by atoms with Crippen molar-refractivity contribution in [2.75, 3.05) is 4.90 Å². The van der Waals surface area contributed by atoms with Crippen molar-refractivity contribution in [3.8, 4) is 0 Å². The lowest BCUT2D eigenvalue weighted by molar-refractivity contribution is 0.0983. The first-order valence-corrected chi connectivity index (χ1v) is 9.20. The largest absolute Gasteiger partial charge is 0.467 e. The number of carbonyl (C=O) groups is 1. The third-order valence-corrected chi connectivity index (χ3v) is 5.42. The first-order chi connectivity index (χ1) is 12.6. The van der Waals surface area contributed by atoms with Crippen LogP contribution in [-0.2, 0) is 6.54 Å². The number of anilines is 1. The lowest BCUT2D eigenvalue weighted by atomic mass is 10.1. The van der Waals surface area contributed by atoms with Gasteiger partial charge in [0.05, 0.1) is 23.0 Å². The van der Waals surface area contributed by atoms with Gasteiger partial charge >= 0.3 is 0 Å². The zero-order valence-electron chi connectivity index (χ0n) is 14.6. The van der Waals surface area contributed by atoms with E-state index in [9.17, 15) is 4.79 Å². The predicted molar refractivity (Wildman–Crippen MR) is 105 cm³/mol. The van der Waals surface area contributed by atoms with Gasteiger partial charge in [-0.05, 0) is 61.4 Å². The Morgan fingerprint density at radius 2 is 1.85 bits per heavy atom. The van der Waals surface area contributed by atoms with Crippen molar-refractivity contribution in [2.24, 2.45) is 0 Å². The number of thiazole rings is 1. The van der Waals surface area contributed by atoms with Gasteiger partial charge in [-0.2, -0.15) is 0 Å². The molecule has 0 unspecified atom stereocenters. The molecule has 1 amide bonds. The fourth-order valence-electron chi connectivity index (χ4n) is 2.80. The molecule has 0 aliphatic rings. The second-order valence-corrected chi connectivity index (χ2v) is 7.25. The lowest BCUT2D eigenvalue weighted by Crippen LogP contribution is -2.30. The Kier molecular flexibility index (Phi) is 4.31. The van der Waals surface area contributed by atoms with E-state index in [1.54, 1.807) is 11.2 Å². The fraction of sp³-hybridized carbons (Fsp3) is 0.143. The smallest absolute Gasteiger partial charge is 0.260 e. The van der Waals surface area contributed by atoms with Crippen LogP contribution in [0.25, 0.3) is 10.2 Å². The van der Waals surface area contributed by atoms with Crippen molar-refractivity contribution in [1.82, 2.24) is 4.98 Å². The summed E-state index contributed by atoms with van der Waals surface area (Å²) in [5, 5.41) is 0.676. The summed E-state index contributed by atoms with van der Waals surface area (Å²) >= 11 is 1.53. The van der Waals surface area contributed by atoms with Gasteiger partial charge in [0, 0.05) is 5.56 Å². The number of benzene rings is 2. The Hall–Kier alpha value is -2.92. The topological polar surface area (TPSA) is 46.3 Å². The van der Waals surface area contributed by atoms with Crippen LogP contribution in [0.1, 0.15) is 27.2 Å². The number of hydrogen-bond donors (Lipinski definition) is 0. The molecule has 0 N–H and O–H groups in total. The zero-order chi connectivity index (χ0) is 18.1. The fourth-order valence-corrected chi connectivity index (χ4v) is 3.85. The van der Waals surface area contributed by atoms with Crippen LogP contribution in [-0.4, -0.2) is 10.9 Å². The third kappa shape index (κ3) is 3.13. The van der Waals surface area contributed by atoms with Crippen LogP contribution in [0, 0.1) is 13.8 Å². The number of fused-ring (bicyclic) bond motifs is 1. The highest BCUT2D eigenvalue weighted by molar-refractivity contribution is 7.22. The van der Waals surface area contributed by atoms with Crippen LogP contribution in [0.15, 0.2) is 65.3 Å². The van der Waals surface area contributed by atoms with Gasteiger partial charge in [-0.1, -0.05) is 29.5 Å². The normalized spacial score (nSPS) is 11.0. The molecule has 0 saturated carbocycles. The first-order valence-electron chi connectivity index (χ1n) is 8.39. The highest BCUT2D eigenvalue weighted by Crippen LogP contribution is 2.32. The Labute approximate surface area is 155 Å². The molecule has 0 bridgehead atoms. The maximum atomic E-state index is 13.1. The molecule has 4 nitrogen and oxygen atoms in total. The number of aromatic nitrogens is 1. The SMILES string of the molecule is Cc1cc2nc(N(Cc3ccco3)C(=O)c3ccccc3)sc2cc1C. The second-order valence-electron chi connectivity index (χ2n) is 6.24. The number of carbonyl (C=O) groups excluding carboxylic acids is 1. The molecule has 2 aromatic heterocycles. The minimum Gasteiger partial charge on any atom is -0.467 e. The number of hydrogen-bond acceptors (Lipinski definition) is 4. The molecule has 2 heterocycles. The Balaban J connectivity index is 1.78. The Morgan fingerprint density at radius 1 is 1.08 bits per heavy atom. The number of nitrogens with zero attached hydrogens (tertiary/aromatic N) is 2. The molecular weight excluding hydrogens is 344 g/mol. The molecule has 0 spiro atoms. The van der Waals surface area contributed by atoms with Gasteiger partial charge in [-0.15, -0.1) is 0 Å². The number of amides is 1. The second kappa shape index (κ2) is 6.77. The molecule has 0 fully saturated rings. The van der Waals surface area contributed by atoms with E-state index in [4.69, 9.17) is 9.40 Å². The summed E-state index contributed by atoms with van der Waals surface area (Å²) in [5.41, 5.74) is 3.96. The Bertz CT molecular complexity index is 1010. The highest BCUT2D eigenvalue weighted by Gasteiger charge is 2.22. The van der Waals surface area contributed by atoms with Crippen molar-refractivity contribution < 1.29 is 9.21 Å². The summed E-state index contributed by atoms with van der Waals surface area (Å²) in [4.78, 5) is 19.5. The van der Waals surface area contributed by atoms with E-state index < -0.39 is 0 Å². The van der Waals surface area contributed by atoms with Crippen molar-refractivity contribution in [3.05, 3.63) is 83.3 Å². The minimum absolute atomic E-state index is 0.0884. The maximum Gasteiger partial charge on any atom is 0.260 e. The maximum absolute atomic E-state index is 13.1. The molecule has 0 aliphatic heterocycles. The van der Waals surface area contributed by atoms with Crippen LogP contribution in [0.2, 0.25) is 0 Å². The zero-order valence-corrected chi connectivity index (χ0v) is 15.4. The van der Waals surface area contributed by atoms with E-state index in [2.05, 4.69) is 26.0 Å². The Morgan fingerprint density at radius 3 is 2.58 bits per heavy atom. The number of furan rings is 1. The molecular formula is C21H18N2O2S. The van der Waals surface area contributed by atoms with Crippen molar-refractivity contribution in [3.63, 3.8) is 0 Å². The molecule has 0 radical (unpaired) electrons. The van der Waals surface area contributed by atoms with Crippen LogP contribution < -0.4 is 4.90 Å². The van der Waals surface area contributed by atoms with Gasteiger partial charge in [0.25, 0.3) is 5.91 Å². The van der Waals surface area contributed by atoms with E-state index in [1.807, 2.05) is 42.5 Å². The van der Waals surface area contributed by atoms with Crippen LogP contribution in [0.4, 0.5) is 5.13 Å². The van der Waals surface area contributed by atoms with E-state index in [1.165, 1.54) is 22.5 Å². The minimum atomic E-state index is -0.0884. The predicted octanol–water partition coefficient (Wildman–Crippen LogP) is 5.35. The number of aryl methyl sites for hydroxylation is 2. The summed E-state index contributed by atoms with van der Waals surface area (Å²) in [6, 6.07) is 17.2. The van der Waals surface area contributed by atoms with Gasteiger partial charge in [-0.25, -0.2) is 4.98 Å². The summed E-state index contributed by atoms with van der Waals surface area (Å²) in [7, 11) is 0. The monoisotopic (exact) mass is 362 g/mol. The first kappa shape index (κ1) is 16.5. The van der Waals surface area contributed by atoms with Gasteiger partial charge in [0.2, 0.25) is 0 Å². The van der Waals surface area contributed by atoms with E-state index in [-0.39, 0.29) is 5.91 Å². The van der Waals surface area contributed by atoms with Crippen LogP contribution in [0.3, 0.4) is 0 Å². The average Bonchev–Trinajstić information content (AvgIpc) is 3.30. The summed E-state index contributed by atoms with van der Waals surface area (Å²) in [6.07, 6.45) is 1.62. The molecule has 4 rings (SSSR count). The molecule has 0 saturated heterocycles.